The highest BCUT2D eigenvalue weighted by Gasteiger charge is 2.30. The van der Waals surface area contributed by atoms with Gasteiger partial charge in [-0.05, 0) is 47.9 Å². The molecule has 1 N–H and O–H groups in total. The van der Waals surface area contributed by atoms with Crippen molar-refractivity contribution in [2.75, 3.05) is 0 Å². The Morgan fingerprint density at radius 1 is 1.22 bits per heavy atom. The minimum atomic E-state index is -0.509. The summed E-state index contributed by atoms with van der Waals surface area (Å²) in [5.41, 5.74) is 2.00. The molecule has 120 valence electrons. The third-order valence-corrected chi connectivity index (χ3v) is 4.47. The molecule has 5 heteroatoms. The number of hydrogen-bond donors (Lipinski definition) is 1. The van der Waals surface area contributed by atoms with E-state index in [-0.39, 0.29) is 11.9 Å². The SMILES string of the molecule is CCC(NC(=O)C1Cc2cc(Cl)ccc2O1)c1ccc(Cl)cc1. The van der Waals surface area contributed by atoms with Gasteiger partial charge in [0.1, 0.15) is 5.75 Å². The Hall–Kier alpha value is -1.71. The largest absolute Gasteiger partial charge is 0.480 e. The summed E-state index contributed by atoms with van der Waals surface area (Å²) in [4.78, 5) is 12.5. The summed E-state index contributed by atoms with van der Waals surface area (Å²) in [5.74, 6) is 0.619. The van der Waals surface area contributed by atoms with Crippen molar-refractivity contribution in [3.05, 3.63) is 63.6 Å². The van der Waals surface area contributed by atoms with E-state index in [0.29, 0.717) is 16.5 Å². The molecule has 0 aliphatic carbocycles. The van der Waals surface area contributed by atoms with E-state index in [4.69, 9.17) is 27.9 Å². The van der Waals surface area contributed by atoms with E-state index in [0.717, 1.165) is 23.3 Å². The molecule has 0 saturated heterocycles. The average molecular weight is 350 g/mol. The highest BCUT2D eigenvalue weighted by Crippen LogP contribution is 2.31. The zero-order valence-corrected chi connectivity index (χ0v) is 14.2. The van der Waals surface area contributed by atoms with Crippen LogP contribution in [0.25, 0.3) is 0 Å². The van der Waals surface area contributed by atoms with Gasteiger partial charge in [-0.15, -0.1) is 0 Å². The third-order valence-electron chi connectivity index (χ3n) is 3.99. The van der Waals surface area contributed by atoms with Crippen LogP contribution < -0.4 is 10.1 Å². The number of carbonyl (C=O) groups is 1. The molecule has 0 spiro atoms. The second-order valence-corrected chi connectivity index (χ2v) is 6.46. The lowest BCUT2D eigenvalue weighted by molar-refractivity contribution is -0.128. The summed E-state index contributed by atoms with van der Waals surface area (Å²) in [6.45, 7) is 2.03. The average Bonchev–Trinajstić information content (AvgIpc) is 2.96. The van der Waals surface area contributed by atoms with Crippen LogP contribution in [-0.2, 0) is 11.2 Å². The number of hydrogen-bond acceptors (Lipinski definition) is 2. The Kier molecular flexibility index (Phi) is 4.79. The summed E-state index contributed by atoms with van der Waals surface area (Å²) in [5, 5.41) is 4.39. The predicted molar refractivity (Wildman–Crippen MR) is 92.2 cm³/mol. The van der Waals surface area contributed by atoms with E-state index in [1.165, 1.54) is 0 Å². The maximum absolute atomic E-state index is 12.5. The molecule has 2 aromatic rings. The first kappa shape index (κ1) is 16.2. The molecule has 3 nitrogen and oxygen atoms in total. The van der Waals surface area contributed by atoms with Crippen molar-refractivity contribution in [2.24, 2.45) is 0 Å². The summed E-state index contributed by atoms with van der Waals surface area (Å²) < 4.78 is 5.73. The van der Waals surface area contributed by atoms with E-state index in [2.05, 4.69) is 5.32 Å². The fourth-order valence-electron chi connectivity index (χ4n) is 2.74. The highest BCUT2D eigenvalue weighted by molar-refractivity contribution is 6.30. The summed E-state index contributed by atoms with van der Waals surface area (Å²) in [6.07, 6.45) is 0.822. The molecular formula is C18H17Cl2NO2. The molecule has 0 radical (unpaired) electrons. The number of carbonyl (C=O) groups excluding carboxylic acids is 1. The smallest absolute Gasteiger partial charge is 0.261 e. The topological polar surface area (TPSA) is 38.3 Å². The van der Waals surface area contributed by atoms with E-state index >= 15 is 0 Å². The van der Waals surface area contributed by atoms with E-state index < -0.39 is 6.10 Å². The van der Waals surface area contributed by atoms with Crippen molar-refractivity contribution in [1.29, 1.82) is 0 Å². The van der Waals surface area contributed by atoms with Crippen LogP contribution in [0.15, 0.2) is 42.5 Å². The number of rotatable bonds is 4. The second-order valence-electron chi connectivity index (χ2n) is 5.58. The van der Waals surface area contributed by atoms with Gasteiger partial charge in [0.2, 0.25) is 0 Å². The first-order chi connectivity index (χ1) is 11.1. The normalized spacial score (nSPS) is 17.3. The van der Waals surface area contributed by atoms with Crippen LogP contribution in [0.1, 0.15) is 30.5 Å². The minimum absolute atomic E-state index is 0.0596. The predicted octanol–water partition coefficient (Wildman–Crippen LogP) is 4.56. The van der Waals surface area contributed by atoms with Crippen molar-refractivity contribution in [3.63, 3.8) is 0 Å². The number of nitrogens with one attached hydrogen (secondary N) is 1. The van der Waals surface area contributed by atoms with Gasteiger partial charge in [-0.2, -0.15) is 0 Å². The number of amides is 1. The summed E-state index contributed by atoms with van der Waals surface area (Å²) in [6, 6.07) is 12.9. The maximum atomic E-state index is 12.5. The Morgan fingerprint density at radius 2 is 1.91 bits per heavy atom. The highest BCUT2D eigenvalue weighted by atomic mass is 35.5. The number of ether oxygens (including phenoxy) is 1. The lowest BCUT2D eigenvalue weighted by Gasteiger charge is -2.20. The van der Waals surface area contributed by atoms with Gasteiger partial charge in [-0.25, -0.2) is 0 Å². The molecule has 2 atom stereocenters. The molecule has 3 rings (SSSR count). The molecule has 0 aromatic heterocycles. The fraction of sp³-hybridized carbons (Fsp3) is 0.278. The molecule has 23 heavy (non-hydrogen) atoms. The van der Waals surface area contributed by atoms with Crippen LogP contribution in [0, 0.1) is 0 Å². The standard InChI is InChI=1S/C18H17Cl2NO2/c1-2-15(11-3-5-13(19)6-4-11)21-18(22)17-10-12-9-14(20)7-8-16(12)23-17/h3-9,15,17H,2,10H2,1H3,(H,21,22). The monoisotopic (exact) mass is 349 g/mol. The van der Waals surface area contributed by atoms with Gasteiger partial charge in [-0.1, -0.05) is 42.3 Å². The van der Waals surface area contributed by atoms with Crippen molar-refractivity contribution in [3.8, 4) is 5.75 Å². The van der Waals surface area contributed by atoms with Crippen LogP contribution in [0.5, 0.6) is 5.75 Å². The summed E-state index contributed by atoms with van der Waals surface area (Å²) >= 11 is 11.9. The van der Waals surface area contributed by atoms with E-state index in [1.54, 1.807) is 12.1 Å². The molecule has 2 aromatic carbocycles. The first-order valence-corrected chi connectivity index (χ1v) is 8.33. The van der Waals surface area contributed by atoms with Crippen molar-refractivity contribution in [1.82, 2.24) is 5.32 Å². The quantitative estimate of drug-likeness (QED) is 0.878. The van der Waals surface area contributed by atoms with Crippen LogP contribution in [0.3, 0.4) is 0 Å². The molecule has 1 aliphatic heterocycles. The molecular weight excluding hydrogens is 333 g/mol. The molecule has 1 heterocycles. The van der Waals surface area contributed by atoms with Gasteiger partial charge in [0.25, 0.3) is 5.91 Å². The van der Waals surface area contributed by atoms with Crippen molar-refractivity contribution in [2.45, 2.75) is 31.9 Å². The lowest BCUT2D eigenvalue weighted by Crippen LogP contribution is -2.39. The van der Waals surface area contributed by atoms with Crippen LogP contribution in [0.2, 0.25) is 10.0 Å². The Balaban J connectivity index is 1.68. The lowest BCUT2D eigenvalue weighted by atomic mass is 10.0. The Morgan fingerprint density at radius 3 is 2.61 bits per heavy atom. The first-order valence-electron chi connectivity index (χ1n) is 7.57. The van der Waals surface area contributed by atoms with Gasteiger partial charge < -0.3 is 10.1 Å². The Labute approximate surface area is 145 Å². The third kappa shape index (κ3) is 3.62. The zero-order valence-electron chi connectivity index (χ0n) is 12.7. The van der Waals surface area contributed by atoms with Crippen LogP contribution >= 0.6 is 23.2 Å². The van der Waals surface area contributed by atoms with Gasteiger partial charge >= 0.3 is 0 Å². The number of halogens is 2. The van der Waals surface area contributed by atoms with Crippen LogP contribution in [0.4, 0.5) is 0 Å². The zero-order chi connectivity index (χ0) is 16.4. The minimum Gasteiger partial charge on any atom is -0.480 e. The van der Waals surface area contributed by atoms with E-state index in [9.17, 15) is 4.79 Å². The van der Waals surface area contributed by atoms with Gasteiger partial charge in [0.15, 0.2) is 6.10 Å². The van der Waals surface area contributed by atoms with E-state index in [1.807, 2.05) is 37.3 Å². The molecule has 0 saturated carbocycles. The molecule has 0 bridgehead atoms. The number of benzene rings is 2. The van der Waals surface area contributed by atoms with Crippen molar-refractivity contribution >= 4 is 29.1 Å². The fourth-order valence-corrected chi connectivity index (χ4v) is 3.06. The summed E-state index contributed by atoms with van der Waals surface area (Å²) in [7, 11) is 0. The second kappa shape index (κ2) is 6.81. The van der Waals surface area contributed by atoms with Gasteiger partial charge in [0.05, 0.1) is 6.04 Å². The molecule has 0 fully saturated rings. The molecule has 1 amide bonds. The van der Waals surface area contributed by atoms with Crippen molar-refractivity contribution < 1.29 is 9.53 Å². The number of fused-ring (bicyclic) bond motifs is 1. The van der Waals surface area contributed by atoms with Gasteiger partial charge in [0, 0.05) is 16.5 Å². The molecule has 2 unspecified atom stereocenters. The molecule has 1 aliphatic rings. The van der Waals surface area contributed by atoms with Crippen LogP contribution in [-0.4, -0.2) is 12.0 Å². The maximum Gasteiger partial charge on any atom is 0.261 e. The Bertz CT molecular complexity index is 715. The van der Waals surface area contributed by atoms with Gasteiger partial charge in [-0.3, -0.25) is 4.79 Å².